The van der Waals surface area contributed by atoms with E-state index in [-0.39, 0.29) is 11.3 Å². The fourth-order valence-corrected chi connectivity index (χ4v) is 5.33. The summed E-state index contributed by atoms with van der Waals surface area (Å²) >= 11 is 0. The zero-order valence-electron chi connectivity index (χ0n) is 30.9. The maximum Gasteiger partial charge on any atom is 0.286 e. The van der Waals surface area contributed by atoms with E-state index in [0.29, 0.717) is 22.5 Å². The van der Waals surface area contributed by atoms with E-state index in [1.54, 1.807) is 24.3 Å². The molecule has 0 aromatic heterocycles. The standard InChI is InChI=1S/C27H24.C23H13N3O2/c1-4-24-20-27(18-16-23-13-11-21(3)12-14-23)25(5-2)19-26(24)17-15-22-9-7-6-8-10-22;1-25-21-13-9-18(10-14-21)7-11-19-16-23(26(27)28)20(15-22(19)24)12-8-17-5-3-2-4-6-17/h6-14,19-20H,4-5H2,1-3H3;2-6,9-10,13-16H,24H2. The van der Waals surface area contributed by atoms with Crippen molar-refractivity contribution in [2.75, 3.05) is 5.73 Å². The quantitative estimate of drug-likeness (QED) is 0.0653. The van der Waals surface area contributed by atoms with Crippen molar-refractivity contribution in [1.82, 2.24) is 0 Å². The van der Waals surface area contributed by atoms with Crippen LogP contribution in [-0.2, 0) is 12.8 Å². The van der Waals surface area contributed by atoms with Gasteiger partial charge in [-0.25, -0.2) is 4.85 Å². The molecular weight excluding hydrogens is 675 g/mol. The smallest absolute Gasteiger partial charge is 0.286 e. The second kappa shape index (κ2) is 19.2. The van der Waals surface area contributed by atoms with Crippen LogP contribution < -0.4 is 5.73 Å². The molecule has 5 heteroatoms. The first kappa shape index (κ1) is 38.5. The van der Waals surface area contributed by atoms with Crippen LogP contribution in [0.25, 0.3) is 4.85 Å². The van der Waals surface area contributed by atoms with E-state index >= 15 is 0 Å². The lowest BCUT2D eigenvalue weighted by atomic mass is 9.95. The van der Waals surface area contributed by atoms with E-state index in [9.17, 15) is 10.1 Å². The summed E-state index contributed by atoms with van der Waals surface area (Å²) < 4.78 is 0. The van der Waals surface area contributed by atoms with Crippen LogP contribution in [-0.4, -0.2) is 4.92 Å². The van der Waals surface area contributed by atoms with Crippen LogP contribution in [0.5, 0.6) is 0 Å². The second-order valence-electron chi connectivity index (χ2n) is 12.3. The molecule has 6 aromatic carbocycles. The third-order valence-corrected chi connectivity index (χ3v) is 8.42. The van der Waals surface area contributed by atoms with Gasteiger partial charge in [0, 0.05) is 45.1 Å². The van der Waals surface area contributed by atoms with Gasteiger partial charge in [-0.05, 0) is 85.5 Å². The molecule has 0 bridgehead atoms. The van der Waals surface area contributed by atoms with Crippen LogP contribution >= 0.6 is 0 Å². The van der Waals surface area contributed by atoms with Gasteiger partial charge >= 0.3 is 0 Å². The number of aryl methyl sites for hydroxylation is 3. The Hall–Kier alpha value is -7.75. The Morgan fingerprint density at radius 1 is 0.564 bits per heavy atom. The molecule has 0 heterocycles. The summed E-state index contributed by atoms with van der Waals surface area (Å²) in [6.07, 6.45) is 1.89. The molecule has 0 spiro atoms. The minimum Gasteiger partial charge on any atom is -0.398 e. The zero-order valence-corrected chi connectivity index (χ0v) is 30.9. The van der Waals surface area contributed by atoms with Crippen molar-refractivity contribution in [3.63, 3.8) is 0 Å². The largest absolute Gasteiger partial charge is 0.398 e. The number of benzene rings is 6. The van der Waals surface area contributed by atoms with E-state index in [1.165, 1.54) is 28.8 Å². The Labute approximate surface area is 323 Å². The van der Waals surface area contributed by atoms with Gasteiger partial charge in [0.15, 0.2) is 5.69 Å². The molecule has 0 unspecified atom stereocenters. The number of nitrogens with two attached hydrogens (primary N) is 1. The molecule has 0 fully saturated rings. The monoisotopic (exact) mass is 711 g/mol. The van der Waals surface area contributed by atoms with Crippen molar-refractivity contribution in [3.05, 3.63) is 216 Å². The number of hydrogen-bond donors (Lipinski definition) is 1. The first-order valence-corrected chi connectivity index (χ1v) is 17.7. The van der Waals surface area contributed by atoms with Crippen molar-refractivity contribution in [2.45, 2.75) is 33.6 Å². The fourth-order valence-electron chi connectivity index (χ4n) is 5.33. The predicted octanol–water partition coefficient (Wildman–Crippen LogP) is 10.4. The summed E-state index contributed by atoms with van der Waals surface area (Å²) in [6.45, 7) is 13.4. The summed E-state index contributed by atoms with van der Waals surface area (Å²) in [5.41, 5.74) is 16.8. The molecule has 6 rings (SSSR count). The van der Waals surface area contributed by atoms with Crippen LogP contribution in [0.4, 0.5) is 17.1 Å². The van der Waals surface area contributed by atoms with Crippen molar-refractivity contribution in [2.24, 2.45) is 0 Å². The van der Waals surface area contributed by atoms with Crippen molar-refractivity contribution in [1.29, 1.82) is 0 Å². The Morgan fingerprint density at radius 2 is 0.982 bits per heavy atom. The molecule has 2 N–H and O–H groups in total. The van der Waals surface area contributed by atoms with Crippen LogP contribution in [0.15, 0.2) is 133 Å². The average Bonchev–Trinajstić information content (AvgIpc) is 3.22. The summed E-state index contributed by atoms with van der Waals surface area (Å²) in [7, 11) is 0. The van der Waals surface area contributed by atoms with Gasteiger partial charge in [0.2, 0.25) is 0 Å². The molecule has 0 aliphatic heterocycles. The Morgan fingerprint density at radius 3 is 1.42 bits per heavy atom. The van der Waals surface area contributed by atoms with Crippen molar-refractivity contribution >= 4 is 17.1 Å². The van der Waals surface area contributed by atoms with Crippen molar-refractivity contribution < 1.29 is 4.92 Å². The predicted molar refractivity (Wildman–Crippen MR) is 223 cm³/mol. The molecule has 0 atom stereocenters. The van der Waals surface area contributed by atoms with Gasteiger partial charge in [0.1, 0.15) is 5.56 Å². The highest BCUT2D eigenvalue weighted by Gasteiger charge is 2.15. The lowest BCUT2D eigenvalue weighted by molar-refractivity contribution is -0.385. The van der Waals surface area contributed by atoms with Gasteiger partial charge in [-0.3, -0.25) is 10.1 Å². The molecule has 0 radical (unpaired) electrons. The molecule has 0 aliphatic carbocycles. The molecule has 0 saturated carbocycles. The van der Waals surface area contributed by atoms with E-state index in [2.05, 4.69) is 109 Å². The van der Waals surface area contributed by atoms with E-state index in [0.717, 1.165) is 40.7 Å². The number of nitro benzene ring substituents is 1. The van der Waals surface area contributed by atoms with E-state index in [1.807, 2.05) is 60.7 Å². The van der Waals surface area contributed by atoms with Gasteiger partial charge in [0.25, 0.3) is 5.69 Å². The first-order valence-electron chi connectivity index (χ1n) is 17.7. The summed E-state index contributed by atoms with van der Waals surface area (Å²) in [6, 6.07) is 41.7. The number of hydrogen-bond acceptors (Lipinski definition) is 3. The zero-order chi connectivity index (χ0) is 39.0. The lowest BCUT2D eigenvalue weighted by Crippen LogP contribution is -1.98. The van der Waals surface area contributed by atoms with Gasteiger partial charge in [-0.2, -0.15) is 0 Å². The Kier molecular flexibility index (Phi) is 13.4. The normalized spacial score (nSPS) is 9.49. The highest BCUT2D eigenvalue weighted by Crippen LogP contribution is 2.25. The van der Waals surface area contributed by atoms with Gasteiger partial charge in [-0.15, -0.1) is 0 Å². The molecule has 264 valence electrons. The number of nitrogens with zero attached hydrogens (tertiary/aromatic N) is 2. The number of rotatable bonds is 3. The maximum absolute atomic E-state index is 11.5. The second-order valence-corrected chi connectivity index (χ2v) is 12.3. The summed E-state index contributed by atoms with van der Waals surface area (Å²) in [5.74, 6) is 24.8. The van der Waals surface area contributed by atoms with Crippen LogP contribution in [0.3, 0.4) is 0 Å². The molecule has 6 aromatic rings. The third kappa shape index (κ3) is 11.1. The highest BCUT2D eigenvalue weighted by atomic mass is 16.6. The molecule has 55 heavy (non-hydrogen) atoms. The van der Waals surface area contributed by atoms with Crippen LogP contribution in [0, 0.1) is 71.0 Å². The summed E-state index contributed by atoms with van der Waals surface area (Å²) in [5, 5.41) is 11.5. The third-order valence-electron chi connectivity index (χ3n) is 8.42. The Balaban J connectivity index is 0.000000211. The van der Waals surface area contributed by atoms with Gasteiger partial charge in [0.05, 0.1) is 17.1 Å². The number of nitro groups is 1. The number of anilines is 1. The molecule has 5 nitrogen and oxygen atoms in total. The molecule has 0 saturated heterocycles. The van der Waals surface area contributed by atoms with Gasteiger partial charge in [-0.1, -0.05) is 140 Å². The molecule has 0 aliphatic rings. The highest BCUT2D eigenvalue weighted by molar-refractivity contribution is 5.68. The SMILES string of the molecule is CCc1cc(C#Cc2ccc(C)cc2)c(CC)cc1C#Cc1ccccc1.[C-]#[N+]c1ccc(C#Cc2cc([N+](=O)[O-])c(C#Cc3ccccc3)cc2N)cc1. The maximum atomic E-state index is 11.5. The average molecular weight is 712 g/mol. The minimum atomic E-state index is -0.496. The fraction of sp³-hybridized carbons (Fsp3) is 0.100. The Bertz CT molecular complexity index is 2610. The summed E-state index contributed by atoms with van der Waals surface area (Å²) in [4.78, 5) is 14.3. The van der Waals surface area contributed by atoms with Crippen LogP contribution in [0.2, 0.25) is 0 Å². The topological polar surface area (TPSA) is 73.5 Å². The molecule has 0 amide bonds. The van der Waals surface area contributed by atoms with E-state index < -0.39 is 4.92 Å². The minimum absolute atomic E-state index is 0.148. The van der Waals surface area contributed by atoms with Crippen molar-refractivity contribution in [3.8, 4) is 47.4 Å². The van der Waals surface area contributed by atoms with E-state index in [4.69, 9.17) is 12.3 Å². The van der Waals surface area contributed by atoms with Crippen LogP contribution in [0.1, 0.15) is 75.0 Å². The number of nitrogen functional groups attached to an aromatic ring is 1. The molecular formula is C50H37N3O2. The van der Waals surface area contributed by atoms with Gasteiger partial charge < -0.3 is 5.73 Å². The lowest BCUT2D eigenvalue weighted by Gasteiger charge is -2.08. The first-order chi connectivity index (χ1) is 26.8.